The number of hydrogen-bond acceptors (Lipinski definition) is 7. The Morgan fingerprint density at radius 3 is 2.47 bits per heavy atom. The highest BCUT2D eigenvalue weighted by Gasteiger charge is 2.11. The van der Waals surface area contributed by atoms with Crippen molar-refractivity contribution in [2.45, 2.75) is 0 Å². The molecule has 8 nitrogen and oxygen atoms in total. The number of nitrogens with one attached hydrogen (secondary N) is 2. The van der Waals surface area contributed by atoms with E-state index in [1.54, 1.807) is 21.3 Å². The minimum absolute atomic E-state index is 0.564. The lowest BCUT2D eigenvalue weighted by Gasteiger charge is -2.10. The first-order valence-corrected chi connectivity index (χ1v) is 9.22. The lowest BCUT2D eigenvalue weighted by Crippen LogP contribution is -1.98. The second-order valence-electron chi connectivity index (χ2n) is 6.32. The topological polar surface area (TPSA) is 94.2 Å². The van der Waals surface area contributed by atoms with Crippen molar-refractivity contribution >= 4 is 34.8 Å². The van der Waals surface area contributed by atoms with Crippen LogP contribution in [0.1, 0.15) is 11.4 Å². The maximum Gasteiger partial charge on any atom is 0.183 e. The van der Waals surface area contributed by atoms with Crippen LogP contribution in [0.15, 0.2) is 48.8 Å². The lowest BCUT2D eigenvalue weighted by molar-refractivity contribution is 0.355. The Balaban J connectivity index is 1.63. The minimum Gasteiger partial charge on any atom is -0.495 e. The molecular weight excluding hydrogens is 382 g/mol. The van der Waals surface area contributed by atoms with Crippen LogP contribution in [0, 0.1) is 0 Å². The average molecular weight is 403 g/mol. The molecule has 2 aromatic carbocycles. The smallest absolute Gasteiger partial charge is 0.183 e. The zero-order valence-electron chi connectivity index (χ0n) is 16.8. The average Bonchev–Trinajstić information content (AvgIpc) is 3.22. The summed E-state index contributed by atoms with van der Waals surface area (Å²) in [4.78, 5) is 16.4. The first-order valence-electron chi connectivity index (χ1n) is 9.22. The number of hydrogen-bond donors (Lipinski definition) is 2. The fraction of sp³-hybridized carbons (Fsp3) is 0.136. The first-order chi connectivity index (χ1) is 14.7. The van der Waals surface area contributed by atoms with E-state index in [1.165, 1.54) is 6.33 Å². The van der Waals surface area contributed by atoms with Crippen molar-refractivity contribution in [3.05, 3.63) is 60.2 Å². The van der Waals surface area contributed by atoms with E-state index < -0.39 is 0 Å². The molecule has 0 radical (unpaired) electrons. The molecule has 4 aromatic rings. The lowest BCUT2D eigenvalue weighted by atomic mass is 10.2. The molecule has 0 bridgehead atoms. The second-order valence-corrected chi connectivity index (χ2v) is 6.32. The monoisotopic (exact) mass is 403 g/mol. The third-order valence-electron chi connectivity index (χ3n) is 4.51. The zero-order chi connectivity index (χ0) is 20.9. The van der Waals surface area contributed by atoms with Crippen LogP contribution >= 0.6 is 0 Å². The molecule has 0 saturated heterocycles. The third kappa shape index (κ3) is 3.88. The van der Waals surface area contributed by atoms with Crippen LogP contribution in [0.2, 0.25) is 0 Å². The Morgan fingerprint density at radius 2 is 1.67 bits per heavy atom. The van der Waals surface area contributed by atoms with E-state index in [-0.39, 0.29) is 0 Å². The predicted molar refractivity (Wildman–Crippen MR) is 116 cm³/mol. The maximum absolute atomic E-state index is 5.40. The molecule has 0 aliphatic heterocycles. The van der Waals surface area contributed by atoms with Crippen LogP contribution in [0.5, 0.6) is 17.2 Å². The van der Waals surface area contributed by atoms with Crippen LogP contribution < -0.4 is 19.5 Å². The molecule has 0 unspecified atom stereocenters. The maximum atomic E-state index is 5.40. The number of nitrogens with zero attached hydrogens (tertiary/aromatic N) is 3. The van der Waals surface area contributed by atoms with Crippen LogP contribution in [0.25, 0.3) is 23.3 Å². The first kappa shape index (κ1) is 19.3. The Bertz CT molecular complexity index is 1200. The number of imidazole rings is 1. The van der Waals surface area contributed by atoms with Gasteiger partial charge in [0, 0.05) is 0 Å². The van der Waals surface area contributed by atoms with E-state index >= 15 is 0 Å². The quantitative estimate of drug-likeness (QED) is 0.475. The summed E-state index contributed by atoms with van der Waals surface area (Å²) in [5.41, 5.74) is 3.02. The van der Waals surface area contributed by atoms with Crippen molar-refractivity contribution in [3.8, 4) is 17.2 Å². The van der Waals surface area contributed by atoms with Gasteiger partial charge in [-0.3, -0.25) is 0 Å². The molecule has 2 N–H and O–H groups in total. The second kappa shape index (κ2) is 8.52. The molecule has 4 rings (SSSR count). The molecule has 0 saturated carbocycles. The van der Waals surface area contributed by atoms with Crippen molar-refractivity contribution in [3.63, 3.8) is 0 Å². The van der Waals surface area contributed by atoms with Crippen LogP contribution in [-0.4, -0.2) is 41.3 Å². The van der Waals surface area contributed by atoms with E-state index in [4.69, 9.17) is 14.2 Å². The number of aromatic amines is 1. The van der Waals surface area contributed by atoms with E-state index in [0.29, 0.717) is 34.3 Å². The number of aromatic nitrogens is 4. The van der Waals surface area contributed by atoms with Gasteiger partial charge in [-0.15, -0.1) is 0 Å². The van der Waals surface area contributed by atoms with Gasteiger partial charge < -0.3 is 24.5 Å². The molecule has 0 aliphatic rings. The molecule has 2 aromatic heterocycles. The fourth-order valence-corrected chi connectivity index (χ4v) is 3.03. The van der Waals surface area contributed by atoms with E-state index in [0.717, 1.165) is 17.0 Å². The van der Waals surface area contributed by atoms with Gasteiger partial charge in [0.25, 0.3) is 0 Å². The number of benzene rings is 2. The number of rotatable bonds is 7. The standard InChI is InChI=1S/C22H21N5O3/c1-28-16-7-5-4-6-15(16)25-21-20-22(24-13-23-21)27-19(26-20)11-9-14-8-10-17(29-2)18(12-14)30-3/h4-13H,1-3H3,(H2,23,24,25,26,27). The number of methoxy groups -OCH3 is 3. The Labute approximate surface area is 173 Å². The van der Waals surface area contributed by atoms with Crippen LogP contribution in [0.3, 0.4) is 0 Å². The van der Waals surface area contributed by atoms with E-state index in [9.17, 15) is 0 Å². The van der Waals surface area contributed by atoms with Gasteiger partial charge in [0.05, 0.1) is 27.0 Å². The highest BCUT2D eigenvalue weighted by molar-refractivity contribution is 5.87. The molecule has 8 heteroatoms. The molecule has 30 heavy (non-hydrogen) atoms. The summed E-state index contributed by atoms with van der Waals surface area (Å²) in [6.07, 6.45) is 5.28. The van der Waals surface area contributed by atoms with Gasteiger partial charge in [-0.2, -0.15) is 0 Å². The number of para-hydroxylation sites is 2. The number of fused-ring (bicyclic) bond motifs is 1. The van der Waals surface area contributed by atoms with Gasteiger partial charge in [-0.25, -0.2) is 15.0 Å². The molecular formula is C22H21N5O3. The van der Waals surface area contributed by atoms with Crippen molar-refractivity contribution in [1.29, 1.82) is 0 Å². The zero-order valence-corrected chi connectivity index (χ0v) is 16.8. The van der Waals surface area contributed by atoms with Gasteiger partial charge >= 0.3 is 0 Å². The Morgan fingerprint density at radius 1 is 0.867 bits per heavy atom. The van der Waals surface area contributed by atoms with Crippen LogP contribution in [-0.2, 0) is 0 Å². The van der Waals surface area contributed by atoms with E-state index in [2.05, 4.69) is 25.3 Å². The summed E-state index contributed by atoms with van der Waals surface area (Å²) in [7, 11) is 4.85. The summed E-state index contributed by atoms with van der Waals surface area (Å²) in [5, 5.41) is 3.28. The third-order valence-corrected chi connectivity index (χ3v) is 4.51. The van der Waals surface area contributed by atoms with E-state index in [1.807, 2.05) is 54.6 Å². The normalized spacial score (nSPS) is 11.0. The Hall–Kier alpha value is -4.07. The summed E-state index contributed by atoms with van der Waals surface area (Å²) >= 11 is 0. The Kier molecular flexibility index (Phi) is 5.47. The SMILES string of the molecule is COc1ccccc1Nc1ncnc2nc(C=Cc3ccc(OC)c(OC)c3)[nH]c12. The van der Waals surface area contributed by atoms with Gasteiger partial charge in [-0.05, 0) is 35.9 Å². The molecule has 152 valence electrons. The number of H-pyrrole nitrogens is 1. The molecule has 0 atom stereocenters. The van der Waals surface area contributed by atoms with Crippen LogP contribution in [0.4, 0.5) is 11.5 Å². The van der Waals surface area contributed by atoms with Crippen molar-refractivity contribution < 1.29 is 14.2 Å². The largest absolute Gasteiger partial charge is 0.495 e. The highest BCUT2D eigenvalue weighted by Crippen LogP contribution is 2.30. The number of ether oxygens (including phenoxy) is 3. The molecule has 0 amide bonds. The van der Waals surface area contributed by atoms with Gasteiger partial charge in [-0.1, -0.05) is 24.3 Å². The van der Waals surface area contributed by atoms with Crippen molar-refractivity contribution in [2.75, 3.05) is 26.6 Å². The van der Waals surface area contributed by atoms with Gasteiger partial charge in [0.1, 0.15) is 23.4 Å². The highest BCUT2D eigenvalue weighted by atomic mass is 16.5. The fourth-order valence-electron chi connectivity index (χ4n) is 3.03. The van der Waals surface area contributed by atoms with Crippen molar-refractivity contribution in [1.82, 2.24) is 19.9 Å². The summed E-state index contributed by atoms with van der Waals surface area (Å²) in [5.74, 6) is 3.34. The molecule has 0 spiro atoms. The summed E-state index contributed by atoms with van der Waals surface area (Å²) in [6.45, 7) is 0. The molecule has 0 fully saturated rings. The number of anilines is 2. The van der Waals surface area contributed by atoms with Crippen molar-refractivity contribution in [2.24, 2.45) is 0 Å². The summed E-state index contributed by atoms with van der Waals surface area (Å²) < 4.78 is 16.0. The summed E-state index contributed by atoms with van der Waals surface area (Å²) in [6, 6.07) is 13.3. The molecule has 2 heterocycles. The van der Waals surface area contributed by atoms with Gasteiger partial charge in [0.15, 0.2) is 23.0 Å². The molecule has 0 aliphatic carbocycles. The van der Waals surface area contributed by atoms with Gasteiger partial charge in [0.2, 0.25) is 0 Å². The predicted octanol–water partition coefficient (Wildman–Crippen LogP) is 4.29. The minimum atomic E-state index is 0.564.